The van der Waals surface area contributed by atoms with Gasteiger partial charge in [0.1, 0.15) is 6.54 Å². The maximum Gasteiger partial charge on any atom is 0.318 e. The van der Waals surface area contributed by atoms with Gasteiger partial charge in [0.25, 0.3) is 0 Å². The maximum absolute atomic E-state index is 12.5. The van der Waals surface area contributed by atoms with Crippen molar-refractivity contribution in [3.05, 3.63) is 11.1 Å². The van der Waals surface area contributed by atoms with Crippen molar-refractivity contribution in [3.63, 3.8) is 0 Å². The van der Waals surface area contributed by atoms with Crippen LogP contribution in [0.2, 0.25) is 0 Å². The van der Waals surface area contributed by atoms with Gasteiger partial charge in [-0.15, -0.1) is 11.3 Å². The summed E-state index contributed by atoms with van der Waals surface area (Å²) in [6, 6.07) is -0.261. The number of hydrogen-bond donors (Lipinski definition) is 2. The van der Waals surface area contributed by atoms with Crippen LogP contribution in [0.5, 0.6) is 0 Å². The quantitative estimate of drug-likeness (QED) is 0.850. The zero-order valence-electron chi connectivity index (χ0n) is 14.7. The third-order valence-electron chi connectivity index (χ3n) is 3.42. The normalized spacial score (nSPS) is 17.6. The first-order chi connectivity index (χ1) is 11.2. The summed E-state index contributed by atoms with van der Waals surface area (Å²) in [6.07, 6.45) is 1.89. The minimum absolute atomic E-state index is 0.00868. The molecule has 2 N–H and O–H groups in total. The summed E-state index contributed by atoms with van der Waals surface area (Å²) in [6.45, 7) is 8.69. The second-order valence-corrected chi connectivity index (χ2v) is 7.90. The number of carbonyl (C=O) groups excluding carboxylic acids is 2. The van der Waals surface area contributed by atoms with Crippen molar-refractivity contribution in [2.24, 2.45) is 0 Å². The number of hydrogen-bond acceptors (Lipinski definition) is 5. The third kappa shape index (κ3) is 6.09. The minimum atomic E-state index is -0.366. The van der Waals surface area contributed by atoms with Gasteiger partial charge in [-0.1, -0.05) is 0 Å². The van der Waals surface area contributed by atoms with Crippen LogP contribution in [-0.4, -0.2) is 53.2 Å². The van der Waals surface area contributed by atoms with Crippen molar-refractivity contribution in [2.45, 2.75) is 52.2 Å². The summed E-state index contributed by atoms with van der Waals surface area (Å²) < 4.78 is 5.60. The van der Waals surface area contributed by atoms with Gasteiger partial charge in [0.15, 0.2) is 5.13 Å². The molecule has 0 spiro atoms. The highest BCUT2D eigenvalue weighted by Gasteiger charge is 2.26. The van der Waals surface area contributed by atoms with Gasteiger partial charge in [-0.05, 0) is 40.5 Å². The fourth-order valence-corrected chi connectivity index (χ4v) is 3.10. The summed E-state index contributed by atoms with van der Waals surface area (Å²) in [4.78, 5) is 30.5. The first-order valence-electron chi connectivity index (χ1n) is 8.13. The zero-order valence-corrected chi connectivity index (χ0v) is 15.5. The standard InChI is InChI=1S/C16H26N4O3S/c1-11-10-24-14(17-11)18-13(21)9-20(8-12-6-5-7-23-12)15(22)19-16(2,3)4/h10,12H,5-9H2,1-4H3,(H,19,22)(H,17,18,21). The first kappa shape index (κ1) is 18.7. The fourth-order valence-electron chi connectivity index (χ4n) is 2.40. The summed E-state index contributed by atoms with van der Waals surface area (Å²) in [5.41, 5.74) is 0.492. The number of rotatable bonds is 5. The SMILES string of the molecule is Cc1csc(NC(=O)CN(CC2CCCO2)C(=O)NC(C)(C)C)n1. The summed E-state index contributed by atoms with van der Waals surface area (Å²) in [5.74, 6) is -0.258. The number of urea groups is 1. The smallest absolute Gasteiger partial charge is 0.318 e. The lowest BCUT2D eigenvalue weighted by Gasteiger charge is -2.29. The molecule has 134 valence electrons. The highest BCUT2D eigenvalue weighted by Crippen LogP contribution is 2.16. The Morgan fingerprint density at radius 1 is 1.46 bits per heavy atom. The van der Waals surface area contributed by atoms with Crippen molar-refractivity contribution in [1.82, 2.24) is 15.2 Å². The molecule has 1 atom stereocenters. The lowest BCUT2D eigenvalue weighted by atomic mass is 10.1. The zero-order chi connectivity index (χ0) is 17.7. The Bertz CT molecular complexity index is 576. The van der Waals surface area contributed by atoms with Gasteiger partial charge in [0.2, 0.25) is 5.91 Å². The van der Waals surface area contributed by atoms with Crippen LogP contribution in [0.3, 0.4) is 0 Å². The highest BCUT2D eigenvalue weighted by molar-refractivity contribution is 7.13. The van der Waals surface area contributed by atoms with Gasteiger partial charge in [-0.25, -0.2) is 9.78 Å². The van der Waals surface area contributed by atoms with Crippen LogP contribution < -0.4 is 10.6 Å². The van der Waals surface area contributed by atoms with Gasteiger partial charge >= 0.3 is 6.03 Å². The van der Waals surface area contributed by atoms with Crippen LogP contribution in [0.4, 0.5) is 9.93 Å². The van der Waals surface area contributed by atoms with Crippen molar-refractivity contribution >= 4 is 28.4 Å². The van der Waals surface area contributed by atoms with E-state index >= 15 is 0 Å². The van der Waals surface area contributed by atoms with Gasteiger partial charge in [-0.3, -0.25) is 4.79 Å². The van der Waals surface area contributed by atoms with Gasteiger partial charge in [0, 0.05) is 24.1 Å². The number of amides is 3. The Labute approximate surface area is 146 Å². The molecule has 1 unspecified atom stereocenters. The van der Waals surface area contributed by atoms with E-state index in [9.17, 15) is 9.59 Å². The molecule has 3 amide bonds. The molecule has 1 saturated heterocycles. The van der Waals surface area contributed by atoms with E-state index in [1.807, 2.05) is 33.1 Å². The van der Waals surface area contributed by atoms with E-state index in [1.165, 1.54) is 16.2 Å². The van der Waals surface area contributed by atoms with Gasteiger partial charge < -0.3 is 20.3 Å². The lowest BCUT2D eigenvalue weighted by Crippen LogP contribution is -2.52. The van der Waals surface area contributed by atoms with Crippen molar-refractivity contribution < 1.29 is 14.3 Å². The second kappa shape index (κ2) is 7.94. The number of aromatic nitrogens is 1. The van der Waals surface area contributed by atoms with Gasteiger partial charge in [0.05, 0.1) is 11.8 Å². The van der Waals surface area contributed by atoms with E-state index in [0.29, 0.717) is 18.3 Å². The molecule has 0 bridgehead atoms. The average molecular weight is 354 g/mol. The first-order valence-corrected chi connectivity index (χ1v) is 9.01. The van der Waals surface area contributed by atoms with E-state index in [0.717, 1.165) is 18.5 Å². The third-order valence-corrected chi connectivity index (χ3v) is 4.29. The number of nitrogens with zero attached hydrogens (tertiary/aromatic N) is 2. The number of nitrogens with one attached hydrogen (secondary N) is 2. The molecule has 1 aliphatic rings. The molecule has 0 saturated carbocycles. The molecule has 24 heavy (non-hydrogen) atoms. The van der Waals surface area contributed by atoms with Gasteiger partial charge in [-0.2, -0.15) is 0 Å². The molecule has 1 aromatic heterocycles. The molecule has 1 aliphatic heterocycles. The Balaban J connectivity index is 1.97. The molecule has 2 rings (SSSR count). The van der Waals surface area contributed by atoms with E-state index in [2.05, 4.69) is 15.6 Å². The van der Waals surface area contributed by atoms with Crippen LogP contribution in [0, 0.1) is 6.92 Å². The molecule has 7 nitrogen and oxygen atoms in total. The monoisotopic (exact) mass is 354 g/mol. The Morgan fingerprint density at radius 3 is 2.75 bits per heavy atom. The van der Waals surface area contributed by atoms with E-state index in [-0.39, 0.29) is 30.1 Å². The van der Waals surface area contributed by atoms with E-state index < -0.39 is 0 Å². The predicted octanol–water partition coefficient (Wildman–Crippen LogP) is 2.38. The second-order valence-electron chi connectivity index (χ2n) is 7.04. The van der Waals surface area contributed by atoms with Crippen molar-refractivity contribution in [1.29, 1.82) is 0 Å². The predicted molar refractivity (Wildman–Crippen MR) is 94.3 cm³/mol. The Morgan fingerprint density at radius 2 is 2.21 bits per heavy atom. The van der Waals surface area contributed by atoms with E-state index in [4.69, 9.17) is 4.74 Å². The molecule has 8 heteroatoms. The van der Waals surface area contributed by atoms with E-state index in [1.54, 1.807) is 0 Å². The van der Waals surface area contributed by atoms with Crippen molar-refractivity contribution in [2.75, 3.05) is 25.0 Å². The molecule has 1 fully saturated rings. The number of ether oxygens (including phenoxy) is 1. The Kier molecular flexibility index (Phi) is 6.17. The number of aryl methyl sites for hydroxylation is 1. The summed E-state index contributed by atoms with van der Waals surface area (Å²) >= 11 is 1.37. The van der Waals surface area contributed by atoms with Crippen LogP contribution in [-0.2, 0) is 9.53 Å². The summed E-state index contributed by atoms with van der Waals surface area (Å²) in [5, 5.41) is 8.06. The van der Waals surface area contributed by atoms with Crippen LogP contribution >= 0.6 is 11.3 Å². The molecular weight excluding hydrogens is 328 g/mol. The summed E-state index contributed by atoms with van der Waals surface area (Å²) in [7, 11) is 0. The van der Waals surface area contributed by atoms with Crippen molar-refractivity contribution in [3.8, 4) is 0 Å². The number of carbonyl (C=O) groups is 2. The lowest BCUT2D eigenvalue weighted by molar-refractivity contribution is -0.117. The van der Waals surface area contributed by atoms with Crippen LogP contribution in [0.25, 0.3) is 0 Å². The fraction of sp³-hybridized carbons (Fsp3) is 0.688. The van der Waals surface area contributed by atoms with Crippen LogP contribution in [0.15, 0.2) is 5.38 Å². The molecule has 0 aliphatic carbocycles. The van der Waals surface area contributed by atoms with Crippen LogP contribution in [0.1, 0.15) is 39.3 Å². The largest absolute Gasteiger partial charge is 0.376 e. The topological polar surface area (TPSA) is 83.6 Å². The average Bonchev–Trinajstić information content (AvgIpc) is 3.08. The minimum Gasteiger partial charge on any atom is -0.376 e. The number of anilines is 1. The molecule has 0 radical (unpaired) electrons. The molecule has 2 heterocycles. The molecule has 1 aromatic rings. The molecular formula is C16H26N4O3S. The maximum atomic E-state index is 12.5. The Hall–Kier alpha value is -1.67. The molecule has 0 aromatic carbocycles. The highest BCUT2D eigenvalue weighted by atomic mass is 32.1. The number of thiazole rings is 1.